The number of hydrogen-bond donors (Lipinski definition) is 1. The normalized spacial score (nSPS) is 32.5. The van der Waals surface area contributed by atoms with Gasteiger partial charge >= 0.3 is 11.9 Å². The molecule has 1 amide bonds. The van der Waals surface area contributed by atoms with E-state index < -0.39 is 24.2 Å². The molecule has 0 bridgehead atoms. The molecule has 0 unspecified atom stereocenters. The van der Waals surface area contributed by atoms with Crippen LogP contribution in [0.25, 0.3) is 0 Å². The fourth-order valence-corrected chi connectivity index (χ4v) is 1.34. The van der Waals surface area contributed by atoms with Crippen molar-refractivity contribution in [2.75, 3.05) is 0 Å². The molecule has 12 heavy (non-hydrogen) atoms. The van der Waals surface area contributed by atoms with Gasteiger partial charge in [0.2, 0.25) is 11.9 Å². The monoisotopic (exact) mass is 171 g/mol. The number of amides is 1. The minimum Gasteiger partial charge on any atom is -0.479 e. The smallest absolute Gasteiger partial charge is 0.342 e. The highest BCUT2D eigenvalue weighted by Gasteiger charge is 2.56. The second kappa shape index (κ2) is 1.96. The van der Waals surface area contributed by atoms with Crippen LogP contribution in [0.15, 0.2) is 0 Å². The van der Waals surface area contributed by atoms with Gasteiger partial charge in [-0.15, -0.1) is 0 Å². The first-order valence-electron chi connectivity index (χ1n) is 3.35. The Morgan fingerprint density at radius 2 is 2.25 bits per heavy atom. The van der Waals surface area contributed by atoms with Gasteiger partial charge in [0.15, 0.2) is 6.23 Å². The van der Waals surface area contributed by atoms with Crippen molar-refractivity contribution in [1.29, 1.82) is 0 Å². The van der Waals surface area contributed by atoms with Crippen molar-refractivity contribution in [1.82, 2.24) is 4.90 Å². The summed E-state index contributed by atoms with van der Waals surface area (Å²) in [6.45, 7) is 0. The molecule has 1 N–H and O–H groups in total. The van der Waals surface area contributed by atoms with E-state index in [4.69, 9.17) is 5.11 Å². The van der Waals surface area contributed by atoms with E-state index in [2.05, 4.69) is 4.74 Å². The number of carbonyl (C=O) groups is 3. The van der Waals surface area contributed by atoms with Gasteiger partial charge in [-0.1, -0.05) is 0 Å². The molecule has 0 aromatic carbocycles. The van der Waals surface area contributed by atoms with E-state index in [9.17, 15) is 14.4 Å². The zero-order valence-electron chi connectivity index (χ0n) is 5.89. The summed E-state index contributed by atoms with van der Waals surface area (Å²) in [5.74, 6) is -2.54. The van der Waals surface area contributed by atoms with E-state index in [0.29, 0.717) is 0 Å². The third-order valence-corrected chi connectivity index (χ3v) is 1.94. The van der Waals surface area contributed by atoms with Gasteiger partial charge in [-0.2, -0.15) is 0 Å². The number of β-lactam (4-membered cyclic amide) rings is 1. The highest BCUT2D eigenvalue weighted by molar-refractivity contribution is 6.05. The Hall–Kier alpha value is -1.59. The summed E-state index contributed by atoms with van der Waals surface area (Å²) in [5, 5.41) is 8.53. The van der Waals surface area contributed by atoms with Crippen molar-refractivity contribution in [2.45, 2.75) is 18.7 Å². The molecule has 0 spiro atoms. The number of nitrogens with zero attached hydrogens (tertiary/aromatic N) is 1. The average molecular weight is 171 g/mol. The Morgan fingerprint density at radius 1 is 1.58 bits per heavy atom. The summed E-state index contributed by atoms with van der Waals surface area (Å²) >= 11 is 0. The van der Waals surface area contributed by atoms with Gasteiger partial charge in [-0.05, 0) is 0 Å². The van der Waals surface area contributed by atoms with Crippen LogP contribution in [-0.4, -0.2) is 40.1 Å². The molecule has 2 fully saturated rings. The first-order chi connectivity index (χ1) is 5.61. The quantitative estimate of drug-likeness (QED) is 0.296. The molecule has 2 atom stereocenters. The third-order valence-electron chi connectivity index (χ3n) is 1.94. The van der Waals surface area contributed by atoms with E-state index in [-0.39, 0.29) is 12.3 Å². The molecular formula is C6H5NO5. The first-order valence-corrected chi connectivity index (χ1v) is 3.35. The molecule has 2 aliphatic rings. The number of fused-ring (bicyclic) bond motifs is 1. The second-order valence-electron chi connectivity index (χ2n) is 2.64. The number of rotatable bonds is 1. The minimum absolute atomic E-state index is 0.107. The molecule has 64 valence electrons. The largest absolute Gasteiger partial charge is 0.479 e. The summed E-state index contributed by atoms with van der Waals surface area (Å²) in [6.07, 6.45) is -0.527. The molecule has 0 aliphatic carbocycles. The molecule has 0 aromatic heterocycles. The Balaban J connectivity index is 2.26. The van der Waals surface area contributed by atoms with E-state index >= 15 is 0 Å². The van der Waals surface area contributed by atoms with Crippen LogP contribution in [0.2, 0.25) is 0 Å². The van der Waals surface area contributed by atoms with Crippen LogP contribution in [0.4, 0.5) is 0 Å². The average Bonchev–Trinajstić information content (AvgIpc) is 2.22. The van der Waals surface area contributed by atoms with E-state index in [1.807, 2.05) is 0 Å². The van der Waals surface area contributed by atoms with Gasteiger partial charge in [0.1, 0.15) is 0 Å². The predicted molar refractivity (Wildman–Crippen MR) is 32.8 cm³/mol. The fraction of sp³-hybridized carbons (Fsp3) is 0.500. The van der Waals surface area contributed by atoms with Crippen LogP contribution in [0.3, 0.4) is 0 Å². The third kappa shape index (κ3) is 0.662. The number of carbonyl (C=O) groups excluding carboxylic acids is 2. The lowest BCUT2D eigenvalue weighted by Gasteiger charge is -2.32. The Morgan fingerprint density at radius 3 is 2.67 bits per heavy atom. The molecule has 0 aromatic rings. The molecule has 2 rings (SSSR count). The molecule has 2 saturated heterocycles. The number of aliphatic carboxylic acids is 1. The topological polar surface area (TPSA) is 83.9 Å². The lowest BCUT2D eigenvalue weighted by Crippen LogP contribution is -2.55. The van der Waals surface area contributed by atoms with Gasteiger partial charge in [0.05, 0.1) is 6.42 Å². The van der Waals surface area contributed by atoms with Crippen LogP contribution in [0, 0.1) is 0 Å². The number of hydrogen-bond acceptors (Lipinski definition) is 4. The maximum absolute atomic E-state index is 10.8. The zero-order valence-corrected chi connectivity index (χ0v) is 5.89. The van der Waals surface area contributed by atoms with Crippen molar-refractivity contribution < 1.29 is 24.2 Å². The Bertz CT molecular complexity index is 286. The molecular weight excluding hydrogens is 166 g/mol. The van der Waals surface area contributed by atoms with Crippen LogP contribution < -0.4 is 0 Å². The van der Waals surface area contributed by atoms with Crippen molar-refractivity contribution in [3.05, 3.63) is 0 Å². The Labute approximate surface area is 66.7 Å². The van der Waals surface area contributed by atoms with E-state index in [0.717, 1.165) is 4.90 Å². The summed E-state index contributed by atoms with van der Waals surface area (Å²) in [7, 11) is 0. The molecule has 2 heterocycles. The summed E-state index contributed by atoms with van der Waals surface area (Å²) in [5.41, 5.74) is 0. The fourth-order valence-electron chi connectivity index (χ4n) is 1.34. The first kappa shape index (κ1) is 7.08. The van der Waals surface area contributed by atoms with E-state index in [1.165, 1.54) is 0 Å². The SMILES string of the molecule is O=C(O)[C@@H]1C(=O)O[C@@H]2CC(=O)N12. The second-order valence-corrected chi connectivity index (χ2v) is 2.64. The maximum Gasteiger partial charge on any atom is 0.342 e. The van der Waals surface area contributed by atoms with Crippen molar-refractivity contribution >= 4 is 17.8 Å². The molecule has 2 aliphatic heterocycles. The van der Waals surface area contributed by atoms with Gasteiger partial charge < -0.3 is 9.84 Å². The van der Waals surface area contributed by atoms with E-state index in [1.54, 1.807) is 0 Å². The standard InChI is InChI=1S/C6H5NO5/c8-2-1-3-7(2)4(5(9)10)6(11)12-3/h3-4H,1H2,(H,9,10)/t3-,4-/m1/s1. The highest BCUT2D eigenvalue weighted by atomic mass is 16.6. The number of ether oxygens (including phenoxy) is 1. The van der Waals surface area contributed by atoms with Crippen LogP contribution >= 0.6 is 0 Å². The van der Waals surface area contributed by atoms with Crippen molar-refractivity contribution in [2.24, 2.45) is 0 Å². The molecule has 6 nitrogen and oxygen atoms in total. The summed E-state index contributed by atoms with van der Waals surface area (Å²) < 4.78 is 4.59. The maximum atomic E-state index is 10.8. The van der Waals surface area contributed by atoms with Crippen molar-refractivity contribution in [3.8, 4) is 0 Å². The van der Waals surface area contributed by atoms with Crippen LogP contribution in [0.5, 0.6) is 0 Å². The van der Waals surface area contributed by atoms with Crippen LogP contribution in [0.1, 0.15) is 6.42 Å². The van der Waals surface area contributed by atoms with Gasteiger partial charge in [-0.25, -0.2) is 9.59 Å². The number of carboxylic acids is 1. The highest BCUT2D eigenvalue weighted by Crippen LogP contribution is 2.30. The predicted octanol–water partition coefficient (Wildman–Crippen LogP) is -1.45. The Kier molecular flexibility index (Phi) is 1.16. The number of esters is 1. The minimum atomic E-state index is -1.42. The van der Waals surface area contributed by atoms with Crippen LogP contribution in [-0.2, 0) is 19.1 Å². The van der Waals surface area contributed by atoms with Gasteiger partial charge in [0, 0.05) is 0 Å². The van der Waals surface area contributed by atoms with Gasteiger partial charge in [0.25, 0.3) is 0 Å². The zero-order chi connectivity index (χ0) is 8.88. The van der Waals surface area contributed by atoms with Gasteiger partial charge in [-0.3, -0.25) is 9.69 Å². The summed E-state index contributed by atoms with van der Waals surface area (Å²) in [6, 6.07) is -1.42. The molecule has 0 radical (unpaired) electrons. The van der Waals surface area contributed by atoms with Crippen molar-refractivity contribution in [3.63, 3.8) is 0 Å². The number of carboxylic acid groups (broad SMARTS) is 1. The lowest BCUT2D eigenvalue weighted by atomic mass is 10.1. The molecule has 0 saturated carbocycles. The lowest BCUT2D eigenvalue weighted by molar-refractivity contribution is -0.163. The molecule has 6 heteroatoms. The summed E-state index contributed by atoms with van der Waals surface area (Å²) in [4.78, 5) is 33.0.